The van der Waals surface area contributed by atoms with Crippen LogP contribution in [0.15, 0.2) is 18.2 Å². The average molecular weight is 323 g/mol. The number of nitro benzene ring substituents is 1. The minimum Gasteiger partial charge on any atom is -0.438 e. The van der Waals surface area contributed by atoms with E-state index in [-0.39, 0.29) is 23.5 Å². The van der Waals surface area contributed by atoms with E-state index in [4.69, 9.17) is 10.5 Å². The summed E-state index contributed by atoms with van der Waals surface area (Å²) in [5.74, 6) is -0.654. The first kappa shape index (κ1) is 16.5. The smallest absolute Gasteiger partial charge is 0.438 e. The Labute approximate surface area is 132 Å². The van der Waals surface area contributed by atoms with E-state index < -0.39 is 22.7 Å². The number of hydrogen-bond acceptors (Lipinski definition) is 7. The van der Waals surface area contributed by atoms with Gasteiger partial charge in [0.15, 0.2) is 5.72 Å². The molecule has 9 nitrogen and oxygen atoms in total. The number of nitrogens with two attached hydrogens (primary N) is 1. The summed E-state index contributed by atoms with van der Waals surface area (Å²) in [7, 11) is 1.16. The van der Waals surface area contributed by atoms with E-state index in [1.165, 1.54) is 23.1 Å². The fourth-order valence-corrected chi connectivity index (χ4v) is 2.66. The Morgan fingerprint density at radius 1 is 1.43 bits per heavy atom. The van der Waals surface area contributed by atoms with Crippen LogP contribution in [0.25, 0.3) is 0 Å². The maximum atomic E-state index is 12.8. The molecular weight excluding hydrogens is 306 g/mol. The molecule has 0 spiro atoms. The Kier molecular flexibility index (Phi) is 4.39. The van der Waals surface area contributed by atoms with Crippen LogP contribution in [-0.4, -0.2) is 41.3 Å². The van der Waals surface area contributed by atoms with Gasteiger partial charge in [0, 0.05) is 19.0 Å². The number of anilines is 1. The monoisotopic (exact) mass is 323 g/mol. The van der Waals surface area contributed by atoms with Crippen molar-refractivity contribution in [2.45, 2.75) is 25.5 Å². The number of nitrogen functional groups attached to an aromatic ring is 1. The molecule has 0 unspecified atom stereocenters. The first-order valence-corrected chi connectivity index (χ1v) is 6.92. The molecule has 1 aromatic rings. The quantitative estimate of drug-likeness (QED) is 0.390. The van der Waals surface area contributed by atoms with Crippen molar-refractivity contribution in [3.8, 4) is 0 Å². The molecule has 9 heteroatoms. The van der Waals surface area contributed by atoms with E-state index >= 15 is 0 Å². The topological polar surface area (TPSA) is 125 Å². The molecule has 1 fully saturated rings. The number of hydrogen-bond donors (Lipinski definition) is 1. The third kappa shape index (κ3) is 3.03. The zero-order chi connectivity index (χ0) is 17.2. The predicted octanol–water partition coefficient (Wildman–Crippen LogP) is 1.91. The molecule has 0 aromatic heterocycles. The molecule has 1 amide bonds. The molecule has 124 valence electrons. The van der Waals surface area contributed by atoms with Gasteiger partial charge in [0.1, 0.15) is 5.56 Å². The number of rotatable bonds is 3. The molecule has 2 N–H and O–H groups in total. The van der Waals surface area contributed by atoms with Gasteiger partial charge in [-0.3, -0.25) is 14.9 Å². The molecule has 1 heterocycles. The Balaban J connectivity index is 2.40. The summed E-state index contributed by atoms with van der Waals surface area (Å²) in [4.78, 5) is 35.9. The minimum atomic E-state index is -1.24. The van der Waals surface area contributed by atoms with Gasteiger partial charge in [-0.15, -0.1) is 0 Å². The summed E-state index contributed by atoms with van der Waals surface area (Å²) in [5, 5.41) is 11.2. The van der Waals surface area contributed by atoms with Gasteiger partial charge in [0.25, 0.3) is 11.6 Å². The number of carbonyl (C=O) groups excluding carboxylic acids is 2. The lowest BCUT2D eigenvalue weighted by atomic mass is 10.1. The summed E-state index contributed by atoms with van der Waals surface area (Å²) >= 11 is 0. The van der Waals surface area contributed by atoms with Crippen LogP contribution in [0.3, 0.4) is 0 Å². The molecule has 2 rings (SSSR count). The number of likely N-dealkylation sites (tertiary alicyclic amines) is 1. The van der Waals surface area contributed by atoms with Gasteiger partial charge in [-0.05, 0) is 19.4 Å². The standard InChI is InChI=1S/C14H17N3O6/c1-14(23-13(19)22-2)7-4-8-16(14)12(18)11-9(15)5-3-6-10(11)17(20)21/h3,5-6H,4,7-8,15H2,1-2H3/t14-/m1/s1. The molecule has 1 aliphatic rings. The van der Waals surface area contributed by atoms with Gasteiger partial charge in [-0.2, -0.15) is 0 Å². The van der Waals surface area contributed by atoms with Crippen molar-refractivity contribution in [2.24, 2.45) is 0 Å². The highest BCUT2D eigenvalue weighted by Gasteiger charge is 2.45. The van der Waals surface area contributed by atoms with Crippen LogP contribution in [0.5, 0.6) is 0 Å². The largest absolute Gasteiger partial charge is 0.510 e. The molecule has 0 bridgehead atoms. The van der Waals surface area contributed by atoms with Crippen molar-refractivity contribution in [1.82, 2.24) is 4.90 Å². The fraction of sp³-hybridized carbons (Fsp3) is 0.429. The van der Waals surface area contributed by atoms with E-state index in [1.54, 1.807) is 6.92 Å². The number of ether oxygens (including phenoxy) is 2. The van der Waals surface area contributed by atoms with Crippen molar-refractivity contribution in [1.29, 1.82) is 0 Å². The van der Waals surface area contributed by atoms with E-state index in [0.29, 0.717) is 12.8 Å². The third-order valence-corrected chi connectivity index (χ3v) is 3.79. The van der Waals surface area contributed by atoms with E-state index in [1.807, 2.05) is 0 Å². The minimum absolute atomic E-state index is 0.00322. The molecule has 1 aromatic carbocycles. The number of nitro groups is 1. The molecule has 1 atom stereocenters. The molecule has 23 heavy (non-hydrogen) atoms. The highest BCUT2D eigenvalue weighted by atomic mass is 16.7. The molecule has 0 radical (unpaired) electrons. The Morgan fingerprint density at radius 3 is 2.74 bits per heavy atom. The molecular formula is C14H17N3O6. The summed E-state index contributed by atoms with van der Waals surface area (Å²) in [6, 6.07) is 4.02. The van der Waals surface area contributed by atoms with E-state index in [9.17, 15) is 19.7 Å². The highest BCUT2D eigenvalue weighted by Crippen LogP contribution is 2.35. The zero-order valence-corrected chi connectivity index (χ0v) is 12.8. The predicted molar refractivity (Wildman–Crippen MR) is 79.7 cm³/mol. The Hall–Kier alpha value is -2.84. The van der Waals surface area contributed by atoms with Crippen LogP contribution >= 0.6 is 0 Å². The number of amides is 1. The normalized spacial score (nSPS) is 20.2. The maximum absolute atomic E-state index is 12.8. The average Bonchev–Trinajstić information content (AvgIpc) is 2.87. The van der Waals surface area contributed by atoms with E-state index in [2.05, 4.69) is 4.74 Å². The first-order valence-electron chi connectivity index (χ1n) is 6.92. The van der Waals surface area contributed by atoms with Gasteiger partial charge in [-0.25, -0.2) is 4.79 Å². The molecule has 0 saturated carbocycles. The molecule has 0 aliphatic carbocycles. The van der Waals surface area contributed by atoms with Crippen molar-refractivity contribution >= 4 is 23.4 Å². The number of nitrogens with zero attached hydrogens (tertiary/aromatic N) is 2. The van der Waals surface area contributed by atoms with Gasteiger partial charge in [0.2, 0.25) is 0 Å². The summed E-state index contributed by atoms with van der Waals surface area (Å²) in [6.07, 6.45) is 0.0523. The molecule has 1 saturated heterocycles. The lowest BCUT2D eigenvalue weighted by Crippen LogP contribution is -2.48. The van der Waals surface area contributed by atoms with Crippen LogP contribution in [0, 0.1) is 10.1 Å². The lowest BCUT2D eigenvalue weighted by Gasteiger charge is -2.33. The Bertz CT molecular complexity index is 662. The van der Waals surface area contributed by atoms with Gasteiger partial charge >= 0.3 is 6.16 Å². The van der Waals surface area contributed by atoms with Crippen LogP contribution < -0.4 is 5.73 Å². The van der Waals surface area contributed by atoms with Crippen molar-refractivity contribution < 1.29 is 24.0 Å². The number of methoxy groups -OCH3 is 1. The summed E-state index contributed by atoms with van der Waals surface area (Å²) in [6.45, 7) is 1.84. The van der Waals surface area contributed by atoms with Gasteiger partial charge in [0.05, 0.1) is 17.7 Å². The number of carbonyl (C=O) groups is 2. The lowest BCUT2D eigenvalue weighted by molar-refractivity contribution is -0.385. The maximum Gasteiger partial charge on any atom is 0.510 e. The van der Waals surface area contributed by atoms with Crippen LogP contribution in [-0.2, 0) is 9.47 Å². The van der Waals surface area contributed by atoms with Crippen LogP contribution in [0.1, 0.15) is 30.1 Å². The second-order valence-electron chi connectivity index (χ2n) is 5.29. The van der Waals surface area contributed by atoms with Crippen LogP contribution in [0.4, 0.5) is 16.2 Å². The van der Waals surface area contributed by atoms with E-state index in [0.717, 1.165) is 7.11 Å². The summed E-state index contributed by atoms with van der Waals surface area (Å²) < 4.78 is 9.64. The van der Waals surface area contributed by atoms with Crippen molar-refractivity contribution in [2.75, 3.05) is 19.4 Å². The van der Waals surface area contributed by atoms with Crippen LogP contribution in [0.2, 0.25) is 0 Å². The highest BCUT2D eigenvalue weighted by molar-refractivity contribution is 6.03. The second kappa shape index (κ2) is 6.11. The SMILES string of the molecule is COC(=O)O[C@]1(C)CCCN1C(=O)c1c(N)cccc1[N+](=O)[O-]. The van der Waals surface area contributed by atoms with Crippen molar-refractivity contribution in [3.05, 3.63) is 33.9 Å². The Morgan fingerprint density at radius 2 is 2.13 bits per heavy atom. The second-order valence-corrected chi connectivity index (χ2v) is 5.29. The number of benzene rings is 1. The first-order chi connectivity index (χ1) is 10.8. The summed E-state index contributed by atoms with van der Waals surface area (Å²) in [5.41, 5.74) is 3.92. The fourth-order valence-electron chi connectivity index (χ4n) is 2.66. The third-order valence-electron chi connectivity index (χ3n) is 3.79. The van der Waals surface area contributed by atoms with Gasteiger partial charge in [-0.1, -0.05) is 6.07 Å². The molecule has 1 aliphatic heterocycles. The zero-order valence-electron chi connectivity index (χ0n) is 12.8. The van der Waals surface area contributed by atoms with Crippen molar-refractivity contribution in [3.63, 3.8) is 0 Å². The van der Waals surface area contributed by atoms with Gasteiger partial charge < -0.3 is 20.1 Å².